The number of ether oxygens (including phenoxy) is 1. The predicted molar refractivity (Wildman–Crippen MR) is 94.4 cm³/mol. The van der Waals surface area contributed by atoms with Crippen LogP contribution in [0.25, 0.3) is 10.7 Å². The van der Waals surface area contributed by atoms with Crippen molar-refractivity contribution in [2.45, 2.75) is 25.4 Å². The lowest BCUT2D eigenvalue weighted by molar-refractivity contribution is 0.0104. The van der Waals surface area contributed by atoms with Crippen molar-refractivity contribution in [1.29, 1.82) is 0 Å². The Hall–Kier alpha value is -1.90. The minimum Gasteiger partial charge on any atom is -0.379 e. The minimum absolute atomic E-state index is 0.00893. The predicted octanol–water partition coefficient (Wildman–Crippen LogP) is 1.54. The molecule has 0 bridgehead atoms. The quantitative estimate of drug-likeness (QED) is 0.828. The number of morpholine rings is 1. The van der Waals surface area contributed by atoms with Gasteiger partial charge in [0.05, 0.1) is 19.4 Å². The molecule has 2 aromatic heterocycles. The maximum atomic E-state index is 12.9. The van der Waals surface area contributed by atoms with Gasteiger partial charge in [0.2, 0.25) is 0 Å². The molecule has 2 aromatic rings. The fourth-order valence-electron chi connectivity index (χ4n) is 3.65. The van der Waals surface area contributed by atoms with E-state index in [1.54, 1.807) is 18.6 Å². The van der Waals surface area contributed by atoms with E-state index in [1.807, 2.05) is 10.3 Å². The molecule has 4 rings (SSSR count). The van der Waals surface area contributed by atoms with Crippen LogP contribution in [0.2, 0.25) is 0 Å². The van der Waals surface area contributed by atoms with Gasteiger partial charge in [0, 0.05) is 49.5 Å². The number of thiazole rings is 1. The lowest BCUT2D eigenvalue weighted by Crippen LogP contribution is -2.49. The van der Waals surface area contributed by atoms with E-state index in [4.69, 9.17) is 4.74 Å². The average molecular weight is 359 g/mol. The second-order valence-corrected chi connectivity index (χ2v) is 7.23. The van der Waals surface area contributed by atoms with Gasteiger partial charge in [-0.2, -0.15) is 0 Å². The molecule has 7 nitrogen and oxygen atoms in total. The van der Waals surface area contributed by atoms with Crippen LogP contribution in [0, 0.1) is 0 Å². The van der Waals surface area contributed by atoms with Crippen molar-refractivity contribution in [2.24, 2.45) is 0 Å². The minimum atomic E-state index is 0.00893. The standard InChI is InChI=1S/C17H21N5O2S/c1-12-15(21-6-8-24-9-7-21)2-5-22(12)17(23)14-11-25-16(20-14)13-10-18-3-4-19-13/h3-4,10-12,15H,2,5-9H2,1H3/t12-,15-/m1/s1. The van der Waals surface area contributed by atoms with Gasteiger partial charge in [-0.3, -0.25) is 19.7 Å². The summed E-state index contributed by atoms with van der Waals surface area (Å²) in [5.74, 6) is 0.00893. The molecule has 0 saturated carbocycles. The Kier molecular flexibility index (Phi) is 4.74. The summed E-state index contributed by atoms with van der Waals surface area (Å²) >= 11 is 1.43. The third-order valence-corrected chi connectivity index (χ3v) is 5.86. The zero-order valence-electron chi connectivity index (χ0n) is 14.2. The molecular weight excluding hydrogens is 338 g/mol. The van der Waals surface area contributed by atoms with Gasteiger partial charge in [-0.25, -0.2) is 4.98 Å². The van der Waals surface area contributed by atoms with Gasteiger partial charge < -0.3 is 9.64 Å². The van der Waals surface area contributed by atoms with Crippen LogP contribution >= 0.6 is 11.3 Å². The number of aromatic nitrogens is 3. The van der Waals surface area contributed by atoms with Crippen LogP contribution < -0.4 is 0 Å². The van der Waals surface area contributed by atoms with Gasteiger partial charge in [0.25, 0.3) is 5.91 Å². The first-order chi connectivity index (χ1) is 12.2. The van der Waals surface area contributed by atoms with Crippen molar-refractivity contribution >= 4 is 17.2 Å². The molecule has 0 unspecified atom stereocenters. The smallest absolute Gasteiger partial charge is 0.273 e. The summed E-state index contributed by atoms with van der Waals surface area (Å²) in [7, 11) is 0. The molecule has 2 fully saturated rings. The number of hydrogen-bond donors (Lipinski definition) is 0. The van der Waals surface area contributed by atoms with E-state index in [0.29, 0.717) is 17.4 Å². The zero-order valence-corrected chi connectivity index (χ0v) is 15.0. The SMILES string of the molecule is C[C@@H]1[C@H](N2CCOCC2)CCN1C(=O)c1csc(-c2cnccn2)n1. The van der Waals surface area contributed by atoms with E-state index in [1.165, 1.54) is 11.3 Å². The Morgan fingerprint density at radius 1 is 1.28 bits per heavy atom. The Morgan fingerprint density at radius 3 is 2.88 bits per heavy atom. The van der Waals surface area contributed by atoms with Crippen LogP contribution in [0.5, 0.6) is 0 Å². The first-order valence-corrected chi connectivity index (χ1v) is 9.46. The molecule has 2 atom stereocenters. The highest BCUT2D eigenvalue weighted by Crippen LogP contribution is 2.27. The number of hydrogen-bond acceptors (Lipinski definition) is 7. The van der Waals surface area contributed by atoms with Gasteiger partial charge in [-0.1, -0.05) is 0 Å². The van der Waals surface area contributed by atoms with E-state index >= 15 is 0 Å². The van der Waals surface area contributed by atoms with E-state index in [9.17, 15) is 4.79 Å². The summed E-state index contributed by atoms with van der Waals surface area (Å²) in [6.45, 7) is 6.38. The van der Waals surface area contributed by atoms with Crippen molar-refractivity contribution in [3.8, 4) is 10.7 Å². The van der Waals surface area contributed by atoms with Crippen LogP contribution in [-0.4, -0.2) is 75.6 Å². The van der Waals surface area contributed by atoms with Crippen LogP contribution in [0.15, 0.2) is 24.0 Å². The summed E-state index contributed by atoms with van der Waals surface area (Å²) in [4.78, 5) is 30.1. The Bertz CT molecular complexity index is 732. The van der Waals surface area contributed by atoms with Crippen molar-refractivity contribution in [3.63, 3.8) is 0 Å². The lowest BCUT2D eigenvalue weighted by Gasteiger charge is -2.35. The van der Waals surface area contributed by atoms with Crippen molar-refractivity contribution in [1.82, 2.24) is 24.8 Å². The Labute approximate surface area is 150 Å². The third kappa shape index (κ3) is 3.29. The molecular formula is C17H21N5O2S. The zero-order chi connectivity index (χ0) is 17.2. The van der Waals surface area contributed by atoms with Crippen LogP contribution in [-0.2, 0) is 4.74 Å². The molecule has 0 N–H and O–H groups in total. The number of rotatable bonds is 3. The van der Waals surface area contributed by atoms with E-state index < -0.39 is 0 Å². The Morgan fingerprint density at radius 2 is 2.12 bits per heavy atom. The molecule has 2 aliphatic rings. The summed E-state index contributed by atoms with van der Waals surface area (Å²) in [5.41, 5.74) is 1.20. The molecule has 0 radical (unpaired) electrons. The van der Waals surface area contributed by atoms with Gasteiger partial charge >= 0.3 is 0 Å². The molecule has 2 aliphatic heterocycles. The first kappa shape index (κ1) is 16.6. The highest BCUT2D eigenvalue weighted by Gasteiger charge is 2.38. The van der Waals surface area contributed by atoms with E-state index in [-0.39, 0.29) is 11.9 Å². The molecule has 25 heavy (non-hydrogen) atoms. The van der Waals surface area contributed by atoms with Gasteiger partial charge in [-0.15, -0.1) is 11.3 Å². The maximum Gasteiger partial charge on any atom is 0.273 e. The summed E-state index contributed by atoms with van der Waals surface area (Å²) in [6.07, 6.45) is 5.93. The number of likely N-dealkylation sites (tertiary alicyclic amines) is 1. The molecule has 2 saturated heterocycles. The van der Waals surface area contributed by atoms with E-state index in [2.05, 4.69) is 26.8 Å². The topological polar surface area (TPSA) is 71.5 Å². The molecule has 4 heterocycles. The highest BCUT2D eigenvalue weighted by atomic mass is 32.1. The van der Waals surface area contributed by atoms with Crippen LogP contribution in [0.1, 0.15) is 23.8 Å². The first-order valence-electron chi connectivity index (χ1n) is 8.59. The monoisotopic (exact) mass is 359 g/mol. The maximum absolute atomic E-state index is 12.9. The summed E-state index contributed by atoms with van der Waals surface area (Å²) in [5, 5.41) is 2.55. The molecule has 0 aliphatic carbocycles. The molecule has 8 heteroatoms. The number of nitrogens with zero attached hydrogens (tertiary/aromatic N) is 5. The van der Waals surface area contributed by atoms with Crippen molar-refractivity contribution in [3.05, 3.63) is 29.7 Å². The average Bonchev–Trinajstić information content (AvgIpc) is 3.30. The van der Waals surface area contributed by atoms with E-state index in [0.717, 1.165) is 44.3 Å². The number of carbonyl (C=O) groups excluding carboxylic acids is 1. The van der Waals surface area contributed by atoms with Gasteiger partial charge in [-0.05, 0) is 13.3 Å². The molecule has 0 aromatic carbocycles. The van der Waals surface area contributed by atoms with Crippen molar-refractivity contribution < 1.29 is 9.53 Å². The number of amides is 1. The molecule has 0 spiro atoms. The second kappa shape index (κ2) is 7.15. The largest absolute Gasteiger partial charge is 0.379 e. The second-order valence-electron chi connectivity index (χ2n) is 6.37. The molecule has 132 valence electrons. The van der Waals surface area contributed by atoms with Crippen LogP contribution in [0.3, 0.4) is 0 Å². The summed E-state index contributed by atoms with van der Waals surface area (Å²) in [6, 6.07) is 0.596. The summed E-state index contributed by atoms with van der Waals surface area (Å²) < 4.78 is 5.44. The highest BCUT2D eigenvalue weighted by molar-refractivity contribution is 7.13. The van der Waals surface area contributed by atoms with Gasteiger partial charge in [0.15, 0.2) is 0 Å². The van der Waals surface area contributed by atoms with Crippen molar-refractivity contribution in [2.75, 3.05) is 32.8 Å². The fourth-order valence-corrected chi connectivity index (χ4v) is 4.41. The molecule has 1 amide bonds. The number of carbonyl (C=O) groups is 1. The lowest BCUT2D eigenvalue weighted by atomic mass is 10.1. The van der Waals surface area contributed by atoms with Gasteiger partial charge in [0.1, 0.15) is 16.4 Å². The Balaban J connectivity index is 1.47. The fraction of sp³-hybridized carbons (Fsp3) is 0.529. The third-order valence-electron chi connectivity index (χ3n) is 5.00. The normalized spacial score (nSPS) is 24.6. The van der Waals surface area contributed by atoms with Crippen LogP contribution in [0.4, 0.5) is 0 Å².